The zero-order valence-electron chi connectivity index (χ0n) is 7.94. The largest absolute Gasteiger partial charge is 0.480 e. The molecule has 0 bridgehead atoms. The van der Waals surface area contributed by atoms with Crippen LogP contribution in [-0.4, -0.2) is 35.1 Å². The van der Waals surface area contributed by atoms with Crippen molar-refractivity contribution in [3.63, 3.8) is 0 Å². The molecule has 1 rings (SSSR count). The Bertz CT molecular complexity index is 324. The van der Waals surface area contributed by atoms with Crippen molar-refractivity contribution in [2.45, 2.75) is 6.04 Å². The lowest BCUT2D eigenvalue weighted by Crippen LogP contribution is -2.27. The maximum absolute atomic E-state index is 10.9. The van der Waals surface area contributed by atoms with E-state index in [1.807, 2.05) is 0 Å². The van der Waals surface area contributed by atoms with Gasteiger partial charge in [-0.1, -0.05) is 17.7 Å². The van der Waals surface area contributed by atoms with Crippen LogP contribution in [0.2, 0.25) is 5.15 Å². The maximum Gasteiger partial charge on any atom is 0.325 e. The summed E-state index contributed by atoms with van der Waals surface area (Å²) in [6.07, 6.45) is 1.47. The van der Waals surface area contributed by atoms with E-state index in [0.29, 0.717) is 10.7 Å². The van der Waals surface area contributed by atoms with Crippen LogP contribution in [0.5, 0.6) is 0 Å². The number of aromatic nitrogens is 1. The fourth-order valence-corrected chi connectivity index (χ4v) is 1.32. The molecule has 4 nitrogen and oxygen atoms in total. The van der Waals surface area contributed by atoms with Gasteiger partial charge in [0.05, 0.1) is 0 Å². The predicted molar refractivity (Wildman–Crippen MR) is 53.3 cm³/mol. The number of rotatable bonds is 3. The van der Waals surface area contributed by atoms with Gasteiger partial charge in [-0.15, -0.1) is 0 Å². The summed E-state index contributed by atoms with van der Waals surface area (Å²) in [5.74, 6) is -0.904. The highest BCUT2D eigenvalue weighted by Gasteiger charge is 2.21. The predicted octanol–water partition coefficient (Wildman–Crippen LogP) is 1.42. The highest BCUT2D eigenvalue weighted by molar-refractivity contribution is 6.29. The summed E-state index contributed by atoms with van der Waals surface area (Å²) in [4.78, 5) is 16.4. The van der Waals surface area contributed by atoms with Crippen LogP contribution in [0.3, 0.4) is 0 Å². The van der Waals surface area contributed by atoms with E-state index in [0.717, 1.165) is 0 Å². The lowest BCUT2D eigenvalue weighted by molar-refractivity contribution is -0.142. The Labute approximate surface area is 87.1 Å². The highest BCUT2D eigenvalue weighted by atomic mass is 35.5. The summed E-state index contributed by atoms with van der Waals surface area (Å²) in [6.45, 7) is 0. The fourth-order valence-electron chi connectivity index (χ4n) is 1.21. The Morgan fingerprint density at radius 1 is 1.57 bits per heavy atom. The van der Waals surface area contributed by atoms with Crippen LogP contribution in [0.15, 0.2) is 18.3 Å². The third kappa shape index (κ3) is 2.43. The number of nitrogens with zero attached hydrogens (tertiary/aromatic N) is 2. The minimum atomic E-state index is -0.904. The lowest BCUT2D eigenvalue weighted by Gasteiger charge is -2.19. The van der Waals surface area contributed by atoms with Gasteiger partial charge in [0.25, 0.3) is 0 Å². The van der Waals surface area contributed by atoms with Crippen molar-refractivity contribution in [3.8, 4) is 0 Å². The van der Waals surface area contributed by atoms with Gasteiger partial charge < -0.3 is 5.11 Å². The molecule has 0 aliphatic carbocycles. The van der Waals surface area contributed by atoms with Crippen molar-refractivity contribution in [3.05, 3.63) is 29.0 Å². The molecular formula is C9H11ClN2O2. The summed E-state index contributed by atoms with van der Waals surface area (Å²) in [7, 11) is 3.40. The summed E-state index contributed by atoms with van der Waals surface area (Å²) in [5.41, 5.74) is 0.618. The molecule has 1 aromatic heterocycles. The Hall–Kier alpha value is -1.13. The van der Waals surface area contributed by atoms with Crippen LogP contribution >= 0.6 is 11.6 Å². The molecule has 5 heteroatoms. The van der Waals surface area contributed by atoms with E-state index in [1.165, 1.54) is 6.20 Å². The van der Waals surface area contributed by atoms with E-state index in [1.54, 1.807) is 31.1 Å². The molecule has 0 saturated carbocycles. The molecule has 1 N–H and O–H groups in total. The quantitative estimate of drug-likeness (QED) is 0.774. The first-order chi connectivity index (χ1) is 6.52. The molecule has 0 fully saturated rings. The fraction of sp³-hybridized carbons (Fsp3) is 0.333. The lowest BCUT2D eigenvalue weighted by atomic mass is 10.1. The van der Waals surface area contributed by atoms with Crippen molar-refractivity contribution >= 4 is 17.6 Å². The first-order valence-corrected chi connectivity index (χ1v) is 4.41. The number of aliphatic carboxylic acids is 1. The van der Waals surface area contributed by atoms with Gasteiger partial charge in [0.2, 0.25) is 0 Å². The smallest absolute Gasteiger partial charge is 0.325 e. The van der Waals surface area contributed by atoms with Crippen LogP contribution < -0.4 is 0 Å². The van der Waals surface area contributed by atoms with Gasteiger partial charge in [0, 0.05) is 6.20 Å². The Morgan fingerprint density at radius 2 is 2.21 bits per heavy atom. The molecule has 14 heavy (non-hydrogen) atoms. The van der Waals surface area contributed by atoms with E-state index in [4.69, 9.17) is 16.7 Å². The number of carboxylic acids is 1. The second-order valence-electron chi connectivity index (χ2n) is 3.12. The molecule has 0 amide bonds. The average Bonchev–Trinajstić information content (AvgIpc) is 2.07. The zero-order valence-corrected chi connectivity index (χ0v) is 8.69. The second-order valence-corrected chi connectivity index (χ2v) is 3.51. The molecule has 0 radical (unpaired) electrons. The number of carboxylic acid groups (broad SMARTS) is 1. The first kappa shape index (κ1) is 10.9. The number of hydrogen-bond donors (Lipinski definition) is 1. The van der Waals surface area contributed by atoms with E-state index in [-0.39, 0.29) is 0 Å². The van der Waals surface area contributed by atoms with Gasteiger partial charge in [-0.25, -0.2) is 4.98 Å². The van der Waals surface area contributed by atoms with Crippen molar-refractivity contribution in [2.75, 3.05) is 14.1 Å². The molecule has 1 heterocycles. The molecule has 76 valence electrons. The van der Waals surface area contributed by atoms with Crippen molar-refractivity contribution in [2.24, 2.45) is 0 Å². The van der Waals surface area contributed by atoms with E-state index in [9.17, 15) is 4.79 Å². The standard InChI is InChI=1S/C9H11ClN2O2/c1-12(2)8(9(13)14)6-3-4-7(10)11-5-6/h3-5,8H,1-2H3,(H,13,14)/t8-/m0/s1. The van der Waals surface area contributed by atoms with Gasteiger partial charge in [-0.3, -0.25) is 9.69 Å². The summed E-state index contributed by atoms with van der Waals surface area (Å²) < 4.78 is 0. The van der Waals surface area contributed by atoms with E-state index >= 15 is 0 Å². The zero-order chi connectivity index (χ0) is 10.7. The molecule has 0 aliphatic heterocycles. The summed E-state index contributed by atoms with van der Waals surface area (Å²) in [5, 5.41) is 9.32. The Kier molecular flexibility index (Phi) is 3.43. The number of halogens is 1. The third-order valence-electron chi connectivity index (χ3n) is 1.82. The van der Waals surface area contributed by atoms with Gasteiger partial charge >= 0.3 is 5.97 Å². The average molecular weight is 215 g/mol. The van der Waals surface area contributed by atoms with Gasteiger partial charge in [0.15, 0.2) is 0 Å². The molecule has 0 unspecified atom stereocenters. The van der Waals surface area contributed by atoms with Crippen molar-refractivity contribution < 1.29 is 9.90 Å². The second kappa shape index (κ2) is 4.39. The monoisotopic (exact) mass is 214 g/mol. The molecule has 1 atom stereocenters. The van der Waals surface area contributed by atoms with Crippen LogP contribution in [-0.2, 0) is 4.79 Å². The number of pyridine rings is 1. The minimum Gasteiger partial charge on any atom is -0.480 e. The topological polar surface area (TPSA) is 53.4 Å². The summed E-state index contributed by atoms with van der Waals surface area (Å²) in [6, 6.07) is 2.56. The van der Waals surface area contributed by atoms with E-state index in [2.05, 4.69) is 4.98 Å². The number of hydrogen-bond acceptors (Lipinski definition) is 3. The normalized spacial score (nSPS) is 12.9. The molecule has 0 saturated heterocycles. The van der Waals surface area contributed by atoms with Crippen LogP contribution in [0, 0.1) is 0 Å². The van der Waals surface area contributed by atoms with Crippen molar-refractivity contribution in [1.82, 2.24) is 9.88 Å². The highest BCUT2D eigenvalue weighted by Crippen LogP contribution is 2.18. The molecule has 0 aliphatic rings. The van der Waals surface area contributed by atoms with Gasteiger partial charge in [-0.05, 0) is 25.7 Å². The van der Waals surface area contributed by atoms with E-state index < -0.39 is 12.0 Å². The van der Waals surface area contributed by atoms with Gasteiger partial charge in [-0.2, -0.15) is 0 Å². The third-order valence-corrected chi connectivity index (χ3v) is 2.04. The minimum absolute atomic E-state index is 0.358. The number of likely N-dealkylation sites (N-methyl/N-ethyl adjacent to an activating group) is 1. The van der Waals surface area contributed by atoms with Crippen molar-refractivity contribution in [1.29, 1.82) is 0 Å². The number of carbonyl (C=O) groups is 1. The SMILES string of the molecule is CN(C)[C@H](C(=O)O)c1ccc(Cl)nc1. The van der Waals surface area contributed by atoms with Crippen LogP contribution in [0.4, 0.5) is 0 Å². The Balaban J connectivity index is 3.00. The molecule has 0 aromatic carbocycles. The van der Waals surface area contributed by atoms with Crippen LogP contribution in [0.1, 0.15) is 11.6 Å². The van der Waals surface area contributed by atoms with Gasteiger partial charge in [0.1, 0.15) is 11.2 Å². The molecule has 0 spiro atoms. The maximum atomic E-state index is 10.9. The molecular weight excluding hydrogens is 204 g/mol. The summed E-state index contributed by atoms with van der Waals surface area (Å²) >= 11 is 5.60. The van der Waals surface area contributed by atoms with Crippen LogP contribution in [0.25, 0.3) is 0 Å². The first-order valence-electron chi connectivity index (χ1n) is 4.03. The Morgan fingerprint density at radius 3 is 2.57 bits per heavy atom. The molecule has 1 aromatic rings.